The first-order valence-corrected chi connectivity index (χ1v) is 7.45. The molecule has 0 N–H and O–H groups in total. The Bertz CT molecular complexity index is 483. The summed E-state index contributed by atoms with van der Waals surface area (Å²) < 4.78 is 20.0. The Balaban J connectivity index is 0.00000441. The van der Waals surface area contributed by atoms with Gasteiger partial charge in [0.05, 0.1) is 0 Å². The molecule has 0 spiro atoms. The Labute approximate surface area is 146 Å². The maximum absolute atomic E-state index is 9.16. The standard InChI is InChI=1S/C15H26BN2O3.Li/c1-11(2)19-16(20-12(3)4,21-13(5)6)15-9-8-14(10-17)18(15)7;/h8-9,11-13H,1-7H3;/q-1;+1. The predicted octanol–water partition coefficient (Wildman–Crippen LogP) is -0.678. The fourth-order valence-electron chi connectivity index (χ4n) is 2.37. The van der Waals surface area contributed by atoms with Crippen molar-refractivity contribution in [2.24, 2.45) is 7.05 Å². The summed E-state index contributed by atoms with van der Waals surface area (Å²) in [7, 11) is 1.82. The molecule has 0 fully saturated rings. The Hall–Kier alpha value is -0.688. The van der Waals surface area contributed by atoms with Crippen molar-refractivity contribution >= 4 is 12.3 Å². The van der Waals surface area contributed by atoms with Crippen molar-refractivity contribution in [1.82, 2.24) is 4.57 Å². The molecule has 1 aromatic heterocycles. The number of rotatable bonds is 7. The zero-order chi connectivity index (χ0) is 16.2. The van der Waals surface area contributed by atoms with Gasteiger partial charge in [-0.1, -0.05) is 11.7 Å². The summed E-state index contributed by atoms with van der Waals surface area (Å²) in [6, 6.07) is 5.75. The van der Waals surface area contributed by atoms with Crippen molar-refractivity contribution in [3.63, 3.8) is 0 Å². The van der Waals surface area contributed by atoms with Gasteiger partial charge in [0, 0.05) is 25.4 Å². The van der Waals surface area contributed by atoms with E-state index >= 15 is 0 Å². The van der Waals surface area contributed by atoms with Gasteiger partial charge in [0.15, 0.2) is 0 Å². The van der Waals surface area contributed by atoms with Crippen LogP contribution in [0.25, 0.3) is 0 Å². The summed E-state index contributed by atoms with van der Waals surface area (Å²) in [5.74, 6) is 0. The first-order chi connectivity index (χ1) is 9.71. The largest absolute Gasteiger partial charge is 1.00 e. The van der Waals surface area contributed by atoms with Crippen molar-refractivity contribution in [3.8, 4) is 6.07 Å². The molecule has 1 aromatic rings. The fourth-order valence-corrected chi connectivity index (χ4v) is 2.37. The minimum absolute atomic E-state index is 0. The molecule has 0 radical (unpaired) electrons. The van der Waals surface area contributed by atoms with E-state index in [-0.39, 0.29) is 37.2 Å². The third-order valence-corrected chi connectivity index (χ3v) is 2.99. The zero-order valence-corrected chi connectivity index (χ0v) is 15.1. The Kier molecular flexibility index (Phi) is 8.54. The van der Waals surface area contributed by atoms with E-state index in [9.17, 15) is 0 Å². The SMILES string of the molecule is CC(C)O[B-](OC(C)C)(OC(C)C)c1ccc(C#N)n1C.[Li+]. The maximum Gasteiger partial charge on any atom is 1.00 e. The molecule has 0 amide bonds. The van der Waals surface area contributed by atoms with Crippen molar-refractivity contribution in [2.45, 2.75) is 59.9 Å². The topological polar surface area (TPSA) is 56.4 Å². The van der Waals surface area contributed by atoms with Gasteiger partial charge in [0.1, 0.15) is 11.8 Å². The van der Waals surface area contributed by atoms with E-state index < -0.39 is 6.75 Å². The maximum atomic E-state index is 9.16. The molecule has 0 aliphatic rings. The Morgan fingerprint density at radius 3 is 1.64 bits per heavy atom. The number of hydrogen-bond donors (Lipinski definition) is 0. The van der Waals surface area contributed by atoms with E-state index in [2.05, 4.69) is 6.07 Å². The van der Waals surface area contributed by atoms with Crippen LogP contribution < -0.4 is 24.5 Å². The summed E-state index contributed by atoms with van der Waals surface area (Å²) in [5, 5.41) is 9.16. The number of hydrogen-bond acceptors (Lipinski definition) is 4. The van der Waals surface area contributed by atoms with Crippen molar-refractivity contribution in [3.05, 3.63) is 17.8 Å². The number of nitrogens with zero attached hydrogens (tertiary/aromatic N) is 2. The molecular weight excluding hydrogens is 274 g/mol. The van der Waals surface area contributed by atoms with Gasteiger partial charge in [-0.05, 0) is 47.6 Å². The van der Waals surface area contributed by atoms with E-state index in [0.717, 1.165) is 5.59 Å². The molecule has 5 nitrogen and oxygen atoms in total. The van der Waals surface area contributed by atoms with Crippen LogP contribution in [0, 0.1) is 11.3 Å². The molecule has 0 atom stereocenters. The summed E-state index contributed by atoms with van der Waals surface area (Å²) >= 11 is 0. The molecule has 1 heterocycles. The molecule has 0 aliphatic carbocycles. The molecule has 22 heavy (non-hydrogen) atoms. The van der Waals surface area contributed by atoms with Crippen molar-refractivity contribution in [2.75, 3.05) is 0 Å². The van der Waals surface area contributed by atoms with Crippen LogP contribution in [-0.2, 0) is 21.0 Å². The molecule has 0 aromatic carbocycles. The average molecular weight is 300 g/mol. The van der Waals surface area contributed by atoms with Crippen LogP contribution >= 0.6 is 0 Å². The summed E-state index contributed by atoms with van der Waals surface area (Å²) in [5.41, 5.74) is 1.28. The molecule has 0 unspecified atom stereocenters. The first-order valence-electron chi connectivity index (χ1n) is 7.45. The Morgan fingerprint density at radius 1 is 0.955 bits per heavy atom. The first kappa shape index (κ1) is 21.3. The minimum atomic E-state index is -2.12. The van der Waals surface area contributed by atoms with Gasteiger partial charge in [-0.3, -0.25) is 0 Å². The molecular formula is C15H26BLiN2O3. The summed E-state index contributed by atoms with van der Waals surface area (Å²) in [6.07, 6.45) is -0.200. The van der Waals surface area contributed by atoms with Crippen LogP contribution in [0.2, 0.25) is 0 Å². The zero-order valence-electron chi connectivity index (χ0n) is 15.1. The van der Waals surface area contributed by atoms with Crippen molar-refractivity contribution in [1.29, 1.82) is 5.26 Å². The second kappa shape index (κ2) is 8.82. The van der Waals surface area contributed by atoms with Crippen LogP contribution in [0.15, 0.2) is 12.1 Å². The smallest absolute Gasteiger partial charge is 0.538 e. The number of nitriles is 1. The quantitative estimate of drug-likeness (QED) is 0.626. The third-order valence-electron chi connectivity index (χ3n) is 2.99. The van der Waals surface area contributed by atoms with Crippen molar-refractivity contribution < 1.29 is 32.8 Å². The van der Waals surface area contributed by atoms with Gasteiger partial charge in [-0.15, -0.1) is 0 Å². The third kappa shape index (κ3) is 5.19. The van der Waals surface area contributed by atoms with E-state index in [4.69, 9.17) is 19.2 Å². The van der Waals surface area contributed by atoms with Crippen LogP contribution in [0.5, 0.6) is 0 Å². The Morgan fingerprint density at radius 2 is 1.36 bits per heavy atom. The summed E-state index contributed by atoms with van der Waals surface area (Å²) in [4.78, 5) is 0. The average Bonchev–Trinajstić information content (AvgIpc) is 2.67. The van der Waals surface area contributed by atoms with Gasteiger partial charge < -0.3 is 18.5 Å². The normalized spacial score (nSPS) is 11.9. The molecule has 0 aliphatic heterocycles. The van der Waals surface area contributed by atoms with E-state index in [0.29, 0.717) is 5.69 Å². The monoisotopic (exact) mass is 300 g/mol. The molecule has 0 bridgehead atoms. The second-order valence-electron chi connectivity index (χ2n) is 6.01. The van der Waals surface area contributed by atoms with Gasteiger partial charge in [0.25, 0.3) is 0 Å². The van der Waals surface area contributed by atoms with E-state index in [1.807, 2.05) is 54.7 Å². The van der Waals surface area contributed by atoms with Crippen LogP contribution in [0.3, 0.4) is 0 Å². The summed E-state index contributed by atoms with van der Waals surface area (Å²) in [6.45, 7) is 9.54. The molecule has 7 heteroatoms. The fraction of sp³-hybridized carbons (Fsp3) is 0.667. The molecule has 0 saturated heterocycles. The predicted molar refractivity (Wildman–Crippen MR) is 84.2 cm³/mol. The molecule has 118 valence electrons. The van der Waals surface area contributed by atoms with Gasteiger partial charge in [-0.25, -0.2) is 0 Å². The van der Waals surface area contributed by atoms with E-state index in [1.54, 1.807) is 10.6 Å². The number of aromatic nitrogens is 1. The minimum Gasteiger partial charge on any atom is -0.538 e. The van der Waals surface area contributed by atoms with Crippen LogP contribution in [-0.4, -0.2) is 29.6 Å². The second-order valence-corrected chi connectivity index (χ2v) is 6.01. The van der Waals surface area contributed by atoms with Gasteiger partial charge in [-0.2, -0.15) is 5.26 Å². The van der Waals surface area contributed by atoms with Crippen LogP contribution in [0.1, 0.15) is 47.2 Å². The van der Waals surface area contributed by atoms with Gasteiger partial charge in [0.2, 0.25) is 0 Å². The van der Waals surface area contributed by atoms with E-state index in [1.165, 1.54) is 0 Å². The molecule has 0 saturated carbocycles. The van der Waals surface area contributed by atoms with Crippen LogP contribution in [0.4, 0.5) is 0 Å². The molecule has 1 rings (SSSR count). The van der Waals surface area contributed by atoms with Gasteiger partial charge >= 0.3 is 25.6 Å².